The lowest BCUT2D eigenvalue weighted by molar-refractivity contribution is -0.870. The smallest absolute Gasteiger partial charge is 0.102 e. The van der Waals surface area contributed by atoms with Crippen molar-refractivity contribution in [3.8, 4) is 0 Å². The molecule has 0 bridgehead atoms. The maximum absolute atomic E-state index is 5.58. The van der Waals surface area contributed by atoms with Gasteiger partial charge < -0.3 is 26.4 Å². The first-order chi connectivity index (χ1) is 9.56. The van der Waals surface area contributed by atoms with Gasteiger partial charge in [0.15, 0.2) is 0 Å². The predicted molar refractivity (Wildman–Crippen MR) is 87.1 cm³/mol. The molecule has 3 nitrogen and oxygen atoms in total. The number of rotatable bonds is 15. The highest BCUT2D eigenvalue weighted by Crippen LogP contribution is 2.08. The molecule has 0 aromatic heterocycles. The van der Waals surface area contributed by atoms with Gasteiger partial charge in [0.25, 0.3) is 0 Å². The first-order valence-corrected chi connectivity index (χ1v) is 8.52. The van der Waals surface area contributed by atoms with Crippen LogP contribution in [0.2, 0.25) is 0 Å². The Bertz CT molecular complexity index is 196. The van der Waals surface area contributed by atoms with Gasteiger partial charge in [-0.15, -0.1) is 0 Å². The number of hydrogen-bond acceptors (Lipinski definition) is 2. The van der Waals surface area contributed by atoms with E-state index in [2.05, 4.69) is 28.1 Å². The van der Waals surface area contributed by atoms with Gasteiger partial charge in [0, 0.05) is 6.61 Å². The summed E-state index contributed by atoms with van der Waals surface area (Å²) in [6.07, 6.45) is 10.8. The molecular weight excluding hydrogens is 286 g/mol. The van der Waals surface area contributed by atoms with Crippen LogP contribution in [0.1, 0.15) is 58.3 Å². The van der Waals surface area contributed by atoms with E-state index >= 15 is 0 Å². The normalized spacial score (nSPS) is 11.4. The third-order valence-electron chi connectivity index (χ3n) is 3.42. The summed E-state index contributed by atoms with van der Waals surface area (Å²) in [6.45, 7) is 6.52. The molecule has 0 spiro atoms. The summed E-state index contributed by atoms with van der Waals surface area (Å²) in [5.41, 5.74) is 0. The molecule has 0 radical (unpaired) electrons. The lowest BCUT2D eigenvalue weighted by atomic mass is 10.1. The zero-order valence-corrected chi connectivity index (χ0v) is 15.6. The Balaban J connectivity index is 0. The molecule has 4 heteroatoms. The number of unbranched alkanes of at least 4 members (excludes halogenated alkanes) is 7. The van der Waals surface area contributed by atoms with Gasteiger partial charge in [-0.05, 0) is 6.42 Å². The Morgan fingerprint density at radius 1 is 0.619 bits per heavy atom. The number of halogens is 1. The molecule has 0 N–H and O–H groups in total. The highest BCUT2D eigenvalue weighted by Gasteiger charge is 2.05. The van der Waals surface area contributed by atoms with Crippen LogP contribution in [0.5, 0.6) is 0 Å². The molecule has 0 heterocycles. The van der Waals surface area contributed by atoms with Gasteiger partial charge in [0.2, 0.25) is 0 Å². The maximum Gasteiger partial charge on any atom is 0.102 e. The zero-order chi connectivity index (χ0) is 15.1. The van der Waals surface area contributed by atoms with Crippen LogP contribution in [-0.4, -0.2) is 58.6 Å². The molecule has 0 aromatic carbocycles. The lowest BCUT2D eigenvalue weighted by Gasteiger charge is -2.23. The molecule has 21 heavy (non-hydrogen) atoms. The summed E-state index contributed by atoms with van der Waals surface area (Å²) >= 11 is 0. The van der Waals surface area contributed by atoms with E-state index in [0.717, 1.165) is 37.5 Å². The SMILES string of the molecule is CCCCCCCCCCOCCOCC[N+](C)(C)C.[Cl-]. The van der Waals surface area contributed by atoms with Crippen LogP contribution in [-0.2, 0) is 9.47 Å². The standard InChI is InChI=1S/C17H38NO2.ClH/c1-5-6-7-8-9-10-11-12-14-19-16-17-20-15-13-18(2,3)4;/h5-17H2,1-4H3;1H/q+1;/p-1. The second kappa shape index (κ2) is 16.5. The fourth-order valence-corrected chi connectivity index (χ4v) is 2.00. The van der Waals surface area contributed by atoms with Gasteiger partial charge >= 0.3 is 0 Å². The minimum Gasteiger partial charge on any atom is -1.00 e. The topological polar surface area (TPSA) is 18.5 Å². The van der Waals surface area contributed by atoms with Crippen molar-refractivity contribution in [3.05, 3.63) is 0 Å². The largest absolute Gasteiger partial charge is 1.00 e. The van der Waals surface area contributed by atoms with Crippen LogP contribution in [0, 0.1) is 0 Å². The van der Waals surface area contributed by atoms with Crippen LogP contribution in [0.15, 0.2) is 0 Å². The maximum atomic E-state index is 5.58. The molecule has 0 aromatic rings. The molecular formula is C17H38ClNO2. The van der Waals surface area contributed by atoms with Crippen molar-refractivity contribution < 1.29 is 26.4 Å². The number of ether oxygens (including phenoxy) is 2. The summed E-state index contributed by atoms with van der Waals surface area (Å²) in [4.78, 5) is 0. The summed E-state index contributed by atoms with van der Waals surface area (Å²) in [6, 6.07) is 0. The van der Waals surface area contributed by atoms with Crippen molar-refractivity contribution in [2.45, 2.75) is 58.3 Å². The predicted octanol–water partition coefficient (Wildman–Crippen LogP) is 0.871. The van der Waals surface area contributed by atoms with Gasteiger partial charge in [-0.3, -0.25) is 0 Å². The van der Waals surface area contributed by atoms with E-state index in [4.69, 9.17) is 9.47 Å². The fraction of sp³-hybridized carbons (Fsp3) is 1.00. The molecule has 0 saturated heterocycles. The van der Waals surface area contributed by atoms with Crippen LogP contribution in [0.25, 0.3) is 0 Å². The Morgan fingerprint density at radius 3 is 1.62 bits per heavy atom. The number of hydrogen-bond donors (Lipinski definition) is 0. The van der Waals surface area contributed by atoms with Crippen LogP contribution in [0.4, 0.5) is 0 Å². The summed E-state index contributed by atoms with van der Waals surface area (Å²) in [5.74, 6) is 0. The molecule has 0 fully saturated rings. The van der Waals surface area contributed by atoms with E-state index in [9.17, 15) is 0 Å². The van der Waals surface area contributed by atoms with E-state index in [1.54, 1.807) is 0 Å². The lowest BCUT2D eigenvalue weighted by Crippen LogP contribution is -3.00. The van der Waals surface area contributed by atoms with E-state index in [-0.39, 0.29) is 12.4 Å². The molecule has 0 aliphatic carbocycles. The van der Waals surface area contributed by atoms with Gasteiger partial charge in [-0.2, -0.15) is 0 Å². The molecule has 0 aliphatic rings. The molecule has 0 saturated carbocycles. The Labute approximate surface area is 139 Å². The summed E-state index contributed by atoms with van der Waals surface area (Å²) in [7, 11) is 6.55. The van der Waals surface area contributed by atoms with Crippen molar-refractivity contribution in [2.75, 3.05) is 54.1 Å². The zero-order valence-electron chi connectivity index (χ0n) is 14.8. The highest BCUT2D eigenvalue weighted by molar-refractivity contribution is 4.45. The van der Waals surface area contributed by atoms with E-state index in [1.165, 1.54) is 51.4 Å². The average Bonchev–Trinajstić information content (AvgIpc) is 2.38. The van der Waals surface area contributed by atoms with Gasteiger partial charge in [0.05, 0.1) is 41.0 Å². The third kappa shape index (κ3) is 22.6. The average molecular weight is 324 g/mol. The Morgan fingerprint density at radius 2 is 1.10 bits per heavy atom. The molecule has 0 atom stereocenters. The van der Waals surface area contributed by atoms with Crippen molar-refractivity contribution in [2.24, 2.45) is 0 Å². The number of quaternary nitrogens is 1. The van der Waals surface area contributed by atoms with Gasteiger partial charge in [0.1, 0.15) is 6.54 Å². The Kier molecular flexibility index (Phi) is 18.5. The monoisotopic (exact) mass is 323 g/mol. The van der Waals surface area contributed by atoms with Crippen molar-refractivity contribution in [1.82, 2.24) is 0 Å². The van der Waals surface area contributed by atoms with Crippen molar-refractivity contribution in [3.63, 3.8) is 0 Å². The van der Waals surface area contributed by atoms with Crippen LogP contribution < -0.4 is 12.4 Å². The molecule has 0 aliphatic heterocycles. The quantitative estimate of drug-likeness (QED) is 0.329. The minimum absolute atomic E-state index is 0. The van der Waals surface area contributed by atoms with Crippen molar-refractivity contribution >= 4 is 0 Å². The number of nitrogens with zero attached hydrogens (tertiary/aromatic N) is 1. The van der Waals surface area contributed by atoms with Gasteiger partial charge in [-0.25, -0.2) is 0 Å². The second-order valence-corrected chi connectivity index (χ2v) is 6.71. The highest BCUT2D eigenvalue weighted by atomic mass is 35.5. The fourth-order valence-electron chi connectivity index (χ4n) is 2.00. The Hall–Kier alpha value is 0.170. The molecule has 0 unspecified atom stereocenters. The van der Waals surface area contributed by atoms with Crippen molar-refractivity contribution in [1.29, 1.82) is 0 Å². The second-order valence-electron chi connectivity index (χ2n) is 6.71. The summed E-state index contributed by atoms with van der Waals surface area (Å²) < 4.78 is 12.1. The third-order valence-corrected chi connectivity index (χ3v) is 3.42. The number of likely N-dealkylation sites (N-methyl/N-ethyl adjacent to an activating group) is 1. The molecule has 0 amide bonds. The van der Waals surface area contributed by atoms with Crippen LogP contribution in [0.3, 0.4) is 0 Å². The van der Waals surface area contributed by atoms with E-state index in [1.807, 2.05) is 0 Å². The first kappa shape index (κ1) is 23.4. The molecule has 0 rings (SSSR count). The van der Waals surface area contributed by atoms with E-state index < -0.39 is 0 Å². The first-order valence-electron chi connectivity index (χ1n) is 8.52. The van der Waals surface area contributed by atoms with Gasteiger partial charge in [-0.1, -0.05) is 51.9 Å². The molecule has 130 valence electrons. The summed E-state index contributed by atoms with van der Waals surface area (Å²) in [5, 5.41) is 0. The van der Waals surface area contributed by atoms with Crippen LogP contribution >= 0.6 is 0 Å². The minimum atomic E-state index is 0. The van der Waals surface area contributed by atoms with E-state index in [0.29, 0.717) is 0 Å².